The van der Waals surface area contributed by atoms with Crippen LogP contribution in [0.15, 0.2) is 36.4 Å². The van der Waals surface area contributed by atoms with Gasteiger partial charge in [0.15, 0.2) is 11.5 Å². The monoisotopic (exact) mass is 304 g/mol. The number of hydrogen-bond acceptors (Lipinski definition) is 4. The Kier molecular flexibility index (Phi) is 4.43. The van der Waals surface area contributed by atoms with Crippen molar-refractivity contribution in [2.75, 3.05) is 5.32 Å². The highest BCUT2D eigenvalue weighted by molar-refractivity contribution is 6.30. The average Bonchev–Trinajstić information content (AvgIpc) is 2.37. The second-order valence-electron chi connectivity index (χ2n) is 5.64. The molecule has 0 saturated heterocycles. The van der Waals surface area contributed by atoms with Crippen molar-refractivity contribution in [2.45, 2.75) is 26.3 Å². The van der Waals surface area contributed by atoms with Crippen LogP contribution >= 0.6 is 11.6 Å². The van der Waals surface area contributed by atoms with Gasteiger partial charge >= 0.3 is 0 Å². The number of carbonyl (C=O) groups excluding carboxylic acids is 1. The zero-order valence-corrected chi connectivity index (χ0v) is 12.9. The van der Waals surface area contributed by atoms with Gasteiger partial charge < -0.3 is 10.6 Å². The van der Waals surface area contributed by atoms with Crippen LogP contribution < -0.4 is 10.6 Å². The molecule has 2 N–H and O–H groups in total. The summed E-state index contributed by atoms with van der Waals surface area (Å²) in [6, 6.07) is 10.6. The number of carbonyl (C=O) groups is 1. The van der Waals surface area contributed by atoms with E-state index >= 15 is 0 Å². The Hall–Kier alpha value is -2.14. The molecule has 2 rings (SSSR count). The fourth-order valence-corrected chi connectivity index (χ4v) is 1.83. The zero-order chi connectivity index (χ0) is 15.5. The number of rotatable bonds is 3. The third kappa shape index (κ3) is 4.72. The predicted octanol–water partition coefficient (Wildman–Crippen LogP) is 3.40. The lowest BCUT2D eigenvalue weighted by atomic mass is 10.1. The molecular weight excluding hydrogens is 288 g/mol. The van der Waals surface area contributed by atoms with E-state index in [9.17, 15) is 4.79 Å². The number of hydrogen-bond donors (Lipinski definition) is 2. The third-order valence-corrected chi connectivity index (χ3v) is 2.72. The van der Waals surface area contributed by atoms with Crippen molar-refractivity contribution in [2.24, 2.45) is 0 Å². The Morgan fingerprint density at radius 3 is 2.48 bits per heavy atom. The minimum atomic E-state index is -0.309. The number of nitrogens with zero attached hydrogens (tertiary/aromatic N) is 2. The minimum Gasteiger partial charge on any atom is -0.346 e. The van der Waals surface area contributed by atoms with Crippen LogP contribution in [0.1, 0.15) is 31.3 Å². The summed E-state index contributed by atoms with van der Waals surface area (Å²) in [6.45, 7) is 5.73. The summed E-state index contributed by atoms with van der Waals surface area (Å²) in [5.74, 6) is 0.300. The Bertz CT molecular complexity index is 635. The van der Waals surface area contributed by atoms with Crippen molar-refractivity contribution in [3.05, 3.63) is 47.1 Å². The molecule has 5 nitrogen and oxygen atoms in total. The maximum absolute atomic E-state index is 11.9. The molecular formula is C15H17ClN4O. The van der Waals surface area contributed by atoms with Gasteiger partial charge in [0.05, 0.1) is 0 Å². The maximum Gasteiger partial charge on any atom is 0.272 e. The average molecular weight is 305 g/mol. The number of aromatic nitrogens is 2. The van der Waals surface area contributed by atoms with Gasteiger partial charge in [0.1, 0.15) is 0 Å². The summed E-state index contributed by atoms with van der Waals surface area (Å²) >= 11 is 5.91. The normalized spacial score (nSPS) is 11.0. The molecule has 2 aromatic rings. The molecule has 0 unspecified atom stereocenters. The number of halogens is 1. The van der Waals surface area contributed by atoms with E-state index in [1.165, 1.54) is 0 Å². The first kappa shape index (κ1) is 15.3. The van der Waals surface area contributed by atoms with E-state index in [4.69, 9.17) is 11.6 Å². The van der Waals surface area contributed by atoms with Gasteiger partial charge in [0.25, 0.3) is 5.91 Å². The van der Waals surface area contributed by atoms with Crippen molar-refractivity contribution in [3.63, 3.8) is 0 Å². The van der Waals surface area contributed by atoms with Gasteiger partial charge in [-0.25, -0.2) is 0 Å². The van der Waals surface area contributed by atoms with Gasteiger partial charge in [-0.05, 0) is 51.1 Å². The third-order valence-electron chi connectivity index (χ3n) is 2.48. The van der Waals surface area contributed by atoms with Crippen LogP contribution in [0.4, 0.5) is 11.5 Å². The molecule has 1 aromatic carbocycles. The predicted molar refractivity (Wildman–Crippen MR) is 84.0 cm³/mol. The van der Waals surface area contributed by atoms with Crippen LogP contribution in [0, 0.1) is 0 Å². The fraction of sp³-hybridized carbons (Fsp3) is 0.267. The Morgan fingerprint density at radius 2 is 1.90 bits per heavy atom. The largest absolute Gasteiger partial charge is 0.346 e. The van der Waals surface area contributed by atoms with Crippen molar-refractivity contribution in [3.8, 4) is 0 Å². The lowest BCUT2D eigenvalue weighted by molar-refractivity contribution is 0.0913. The van der Waals surface area contributed by atoms with Crippen LogP contribution in [0.2, 0.25) is 5.02 Å². The standard InChI is InChI=1S/C15H17ClN4O/c1-15(2,3)18-14(21)12-7-8-13(20-19-12)17-11-6-4-5-10(16)9-11/h4-9H,1-3H3,(H,17,20)(H,18,21). The molecule has 0 aliphatic heterocycles. The molecule has 1 aromatic heterocycles. The number of nitrogens with one attached hydrogen (secondary N) is 2. The van der Waals surface area contributed by atoms with E-state index in [-0.39, 0.29) is 17.1 Å². The van der Waals surface area contributed by atoms with Gasteiger partial charge in [-0.2, -0.15) is 0 Å². The lowest BCUT2D eigenvalue weighted by Crippen LogP contribution is -2.41. The van der Waals surface area contributed by atoms with Crippen LogP contribution in [0.5, 0.6) is 0 Å². The summed E-state index contributed by atoms with van der Waals surface area (Å²) < 4.78 is 0. The minimum absolute atomic E-state index is 0.246. The highest BCUT2D eigenvalue weighted by Gasteiger charge is 2.16. The summed E-state index contributed by atoms with van der Waals surface area (Å²) in [6.07, 6.45) is 0. The number of anilines is 2. The quantitative estimate of drug-likeness (QED) is 0.912. The van der Waals surface area contributed by atoms with Crippen LogP contribution in [0.25, 0.3) is 0 Å². The Morgan fingerprint density at radius 1 is 1.14 bits per heavy atom. The highest BCUT2D eigenvalue weighted by Crippen LogP contribution is 2.18. The van der Waals surface area contributed by atoms with Crippen molar-refractivity contribution in [1.29, 1.82) is 0 Å². The molecule has 0 bridgehead atoms. The van der Waals surface area contributed by atoms with Gasteiger partial charge in [-0.1, -0.05) is 17.7 Å². The molecule has 0 atom stereocenters. The van der Waals surface area contributed by atoms with Gasteiger partial charge in [-0.3, -0.25) is 4.79 Å². The molecule has 0 aliphatic rings. The molecule has 0 aliphatic carbocycles. The van der Waals surface area contributed by atoms with Gasteiger partial charge in [0.2, 0.25) is 0 Å². The van der Waals surface area contributed by atoms with Crippen LogP contribution in [0.3, 0.4) is 0 Å². The Labute approximate surface area is 128 Å². The van der Waals surface area contributed by atoms with E-state index in [2.05, 4.69) is 20.8 Å². The molecule has 0 spiro atoms. The van der Waals surface area contributed by atoms with Gasteiger partial charge in [0, 0.05) is 16.2 Å². The molecule has 1 amide bonds. The molecule has 0 radical (unpaired) electrons. The van der Waals surface area contributed by atoms with Crippen molar-refractivity contribution >= 4 is 29.0 Å². The summed E-state index contributed by atoms with van der Waals surface area (Å²) in [5.41, 5.74) is 0.779. The lowest BCUT2D eigenvalue weighted by Gasteiger charge is -2.19. The van der Waals surface area contributed by atoms with Crippen LogP contribution in [-0.4, -0.2) is 21.6 Å². The molecule has 21 heavy (non-hydrogen) atoms. The molecule has 0 fully saturated rings. The van der Waals surface area contributed by atoms with Crippen LogP contribution in [-0.2, 0) is 0 Å². The van der Waals surface area contributed by atoms with E-state index < -0.39 is 0 Å². The topological polar surface area (TPSA) is 66.9 Å². The molecule has 110 valence electrons. The summed E-state index contributed by atoms with van der Waals surface area (Å²) in [7, 11) is 0. The van der Waals surface area contributed by atoms with E-state index in [1.807, 2.05) is 32.9 Å². The van der Waals surface area contributed by atoms with E-state index in [1.54, 1.807) is 24.3 Å². The first-order chi connectivity index (χ1) is 9.83. The highest BCUT2D eigenvalue weighted by atomic mass is 35.5. The second-order valence-corrected chi connectivity index (χ2v) is 6.08. The SMILES string of the molecule is CC(C)(C)NC(=O)c1ccc(Nc2cccc(Cl)c2)nn1. The first-order valence-corrected chi connectivity index (χ1v) is 6.90. The maximum atomic E-state index is 11.9. The molecule has 6 heteroatoms. The van der Waals surface area contributed by atoms with E-state index in [0.717, 1.165) is 5.69 Å². The Balaban J connectivity index is 2.07. The molecule has 1 heterocycles. The summed E-state index contributed by atoms with van der Waals surface area (Å²) in [4.78, 5) is 11.9. The number of amides is 1. The summed E-state index contributed by atoms with van der Waals surface area (Å²) in [5, 5.41) is 14.4. The molecule has 0 saturated carbocycles. The van der Waals surface area contributed by atoms with E-state index in [0.29, 0.717) is 10.8 Å². The second kappa shape index (κ2) is 6.10. The van der Waals surface area contributed by atoms with Crippen molar-refractivity contribution in [1.82, 2.24) is 15.5 Å². The van der Waals surface area contributed by atoms with Crippen molar-refractivity contribution < 1.29 is 4.79 Å². The fourth-order valence-electron chi connectivity index (χ4n) is 1.64. The van der Waals surface area contributed by atoms with Gasteiger partial charge in [-0.15, -0.1) is 10.2 Å². The number of benzene rings is 1. The smallest absolute Gasteiger partial charge is 0.272 e. The zero-order valence-electron chi connectivity index (χ0n) is 12.1. The first-order valence-electron chi connectivity index (χ1n) is 6.52.